The second kappa shape index (κ2) is 5.52. The van der Waals surface area contributed by atoms with Gasteiger partial charge in [0.1, 0.15) is 0 Å². The Kier molecular flexibility index (Phi) is 4.29. The highest BCUT2D eigenvalue weighted by Crippen LogP contribution is 2.17. The maximum Gasteiger partial charge on any atom is 0.493 e. The Balaban J connectivity index is 2.55. The fourth-order valence-electron chi connectivity index (χ4n) is 1.06. The first-order valence-corrected chi connectivity index (χ1v) is 4.85. The summed E-state index contributed by atoms with van der Waals surface area (Å²) in [6, 6.07) is 0. The number of aromatic nitrogens is 2. The highest BCUT2D eigenvalue weighted by atomic mass is 19.4. The van der Waals surface area contributed by atoms with Gasteiger partial charge in [0.05, 0.1) is 12.9 Å². The molecule has 0 saturated heterocycles. The van der Waals surface area contributed by atoms with Crippen LogP contribution in [-0.4, -0.2) is 39.6 Å². The monoisotopic (exact) mass is 265 g/mol. The summed E-state index contributed by atoms with van der Waals surface area (Å²) in [6.07, 6.45) is -2.12. The van der Waals surface area contributed by atoms with Gasteiger partial charge in [-0.15, -0.1) is 0 Å². The predicted octanol–water partition coefficient (Wildman–Crippen LogP) is 0.821. The number of alkyl halides is 3. The molecule has 0 aromatic carbocycles. The number of aromatic amines is 1. The molecule has 0 saturated carbocycles. The minimum Gasteiger partial charge on any atom is -0.348 e. The molecule has 0 unspecified atom stereocenters. The van der Waals surface area contributed by atoms with Crippen LogP contribution in [-0.2, 0) is 20.8 Å². The topological polar surface area (TPSA) is 75.3 Å². The molecule has 1 aromatic rings. The fraction of sp³-hybridized carbons (Fsp3) is 0.444. The Bertz CT molecular complexity index is 416. The lowest BCUT2D eigenvalue weighted by Crippen LogP contribution is -2.38. The molecule has 0 aliphatic heterocycles. The van der Waals surface area contributed by atoms with Gasteiger partial charge in [-0.1, -0.05) is 0 Å². The van der Waals surface area contributed by atoms with Gasteiger partial charge in [0.2, 0.25) is 0 Å². The van der Waals surface area contributed by atoms with E-state index in [1.54, 1.807) is 0 Å². The predicted molar refractivity (Wildman–Crippen MR) is 51.8 cm³/mol. The van der Waals surface area contributed by atoms with E-state index in [9.17, 15) is 22.8 Å². The second-order valence-corrected chi connectivity index (χ2v) is 3.32. The molecule has 0 bridgehead atoms. The van der Waals surface area contributed by atoms with Crippen LogP contribution >= 0.6 is 0 Å². The Morgan fingerprint density at radius 1 is 1.50 bits per heavy atom. The van der Waals surface area contributed by atoms with Crippen LogP contribution in [0.5, 0.6) is 0 Å². The molecule has 0 aliphatic rings. The maximum atomic E-state index is 12.0. The molecule has 6 nitrogen and oxygen atoms in total. The van der Waals surface area contributed by atoms with E-state index in [0.29, 0.717) is 10.8 Å². The molecule has 100 valence electrons. The van der Waals surface area contributed by atoms with Gasteiger partial charge in [-0.25, -0.2) is 9.78 Å². The van der Waals surface area contributed by atoms with Crippen molar-refractivity contribution in [3.8, 4) is 0 Å². The number of hydrogen-bond donors (Lipinski definition) is 1. The van der Waals surface area contributed by atoms with Gasteiger partial charge < -0.3 is 9.82 Å². The van der Waals surface area contributed by atoms with Gasteiger partial charge in [-0.2, -0.15) is 18.2 Å². The first-order chi connectivity index (χ1) is 8.30. The van der Waals surface area contributed by atoms with Crippen molar-refractivity contribution in [1.29, 1.82) is 0 Å². The van der Waals surface area contributed by atoms with Gasteiger partial charge in [-0.05, 0) is 0 Å². The Hall–Kier alpha value is -2.06. The van der Waals surface area contributed by atoms with E-state index in [4.69, 9.17) is 0 Å². The molecule has 18 heavy (non-hydrogen) atoms. The molecule has 1 aromatic heterocycles. The normalized spacial score (nSPS) is 11.1. The number of carbonyl (C=O) groups is 2. The number of hydroxylamine groups is 2. The van der Waals surface area contributed by atoms with Gasteiger partial charge in [0.15, 0.2) is 0 Å². The first kappa shape index (κ1) is 14.0. The molecule has 0 atom stereocenters. The minimum absolute atomic E-state index is 0.185. The van der Waals surface area contributed by atoms with E-state index in [2.05, 4.69) is 14.8 Å². The molecule has 0 radical (unpaired) electrons. The largest absolute Gasteiger partial charge is 0.493 e. The number of rotatable bonds is 3. The summed E-state index contributed by atoms with van der Waals surface area (Å²) in [7, 11) is 0. The zero-order chi connectivity index (χ0) is 13.8. The van der Waals surface area contributed by atoms with Crippen LogP contribution in [0.25, 0.3) is 0 Å². The number of carbonyl (C=O) groups excluding carboxylic acids is 2. The van der Waals surface area contributed by atoms with E-state index in [1.165, 1.54) is 12.5 Å². The lowest BCUT2D eigenvalue weighted by atomic mass is 10.3. The third-order valence-corrected chi connectivity index (χ3v) is 1.91. The van der Waals surface area contributed by atoms with Gasteiger partial charge in [0, 0.05) is 25.2 Å². The van der Waals surface area contributed by atoms with Crippen molar-refractivity contribution in [2.75, 3.05) is 6.54 Å². The molecule has 1 N–H and O–H groups in total. The number of H-pyrrole nitrogens is 1. The van der Waals surface area contributed by atoms with E-state index >= 15 is 0 Å². The highest BCUT2D eigenvalue weighted by molar-refractivity contribution is 5.79. The molecule has 0 fully saturated rings. The van der Waals surface area contributed by atoms with E-state index < -0.39 is 18.1 Å². The number of amides is 1. The summed E-state index contributed by atoms with van der Waals surface area (Å²) in [5.74, 6) is -3.23. The van der Waals surface area contributed by atoms with E-state index in [-0.39, 0.29) is 13.0 Å². The summed E-state index contributed by atoms with van der Waals surface area (Å²) >= 11 is 0. The number of imidazole rings is 1. The zero-order valence-electron chi connectivity index (χ0n) is 9.32. The van der Waals surface area contributed by atoms with E-state index in [0.717, 1.165) is 6.92 Å². The van der Waals surface area contributed by atoms with E-state index in [1.807, 2.05) is 0 Å². The summed E-state index contributed by atoms with van der Waals surface area (Å²) in [4.78, 5) is 32.0. The van der Waals surface area contributed by atoms with Crippen molar-refractivity contribution in [2.24, 2.45) is 0 Å². The maximum absolute atomic E-state index is 12.0. The van der Waals surface area contributed by atoms with Crippen LogP contribution in [0.15, 0.2) is 12.5 Å². The lowest BCUT2D eigenvalue weighted by molar-refractivity contribution is -0.236. The zero-order valence-corrected chi connectivity index (χ0v) is 9.32. The quantitative estimate of drug-likeness (QED) is 0.821. The van der Waals surface area contributed by atoms with Crippen LogP contribution in [0.1, 0.15) is 12.6 Å². The molecule has 1 heterocycles. The molecular formula is C9H10F3N3O3. The number of halogens is 3. The average Bonchev–Trinajstić information content (AvgIpc) is 2.74. The third kappa shape index (κ3) is 4.07. The second-order valence-electron chi connectivity index (χ2n) is 3.32. The molecule has 0 spiro atoms. The molecular weight excluding hydrogens is 255 g/mol. The van der Waals surface area contributed by atoms with Gasteiger partial charge in [0.25, 0.3) is 5.91 Å². The number of nitrogens with one attached hydrogen (secondary N) is 1. The lowest BCUT2D eigenvalue weighted by Gasteiger charge is -2.19. The van der Waals surface area contributed by atoms with Crippen molar-refractivity contribution in [2.45, 2.75) is 19.5 Å². The van der Waals surface area contributed by atoms with Crippen LogP contribution in [0.4, 0.5) is 13.2 Å². The third-order valence-electron chi connectivity index (χ3n) is 1.91. The highest BCUT2D eigenvalue weighted by Gasteiger charge is 2.43. The van der Waals surface area contributed by atoms with Gasteiger partial charge in [-0.3, -0.25) is 4.79 Å². The summed E-state index contributed by atoms with van der Waals surface area (Å²) in [6.45, 7) is 0.802. The summed E-state index contributed by atoms with van der Waals surface area (Å²) in [5, 5.41) is 0.358. The average molecular weight is 265 g/mol. The molecule has 1 amide bonds. The standard InChI is InChI=1S/C9H10F3N3O3/c1-6(16)15(18-8(17)9(10,11)12)3-2-7-4-13-5-14-7/h4-5H,2-3H2,1H3,(H,13,14). The Labute approximate surface area is 99.7 Å². The number of nitrogens with zero attached hydrogens (tertiary/aromatic N) is 2. The summed E-state index contributed by atoms with van der Waals surface area (Å²) < 4.78 is 35.9. The Morgan fingerprint density at radius 2 is 2.17 bits per heavy atom. The Morgan fingerprint density at radius 3 is 2.61 bits per heavy atom. The SMILES string of the molecule is CC(=O)N(CCc1cnc[nH]1)OC(=O)C(F)(F)F. The van der Waals surface area contributed by atoms with Crippen LogP contribution in [0.3, 0.4) is 0 Å². The molecule has 9 heteroatoms. The smallest absolute Gasteiger partial charge is 0.348 e. The van der Waals surface area contributed by atoms with Crippen LogP contribution < -0.4 is 0 Å². The first-order valence-electron chi connectivity index (χ1n) is 4.85. The van der Waals surface area contributed by atoms with Crippen LogP contribution in [0.2, 0.25) is 0 Å². The minimum atomic E-state index is -5.14. The van der Waals surface area contributed by atoms with Crippen molar-refractivity contribution in [3.63, 3.8) is 0 Å². The van der Waals surface area contributed by atoms with Crippen LogP contribution in [0, 0.1) is 0 Å². The fourth-order valence-corrected chi connectivity index (χ4v) is 1.06. The molecule has 0 aliphatic carbocycles. The van der Waals surface area contributed by atoms with Crippen molar-refractivity contribution >= 4 is 11.9 Å². The number of hydrogen-bond acceptors (Lipinski definition) is 4. The summed E-state index contributed by atoms with van der Waals surface area (Å²) in [5.41, 5.74) is 0.601. The van der Waals surface area contributed by atoms with Crippen molar-refractivity contribution in [3.05, 3.63) is 18.2 Å². The molecule has 1 rings (SSSR count). The van der Waals surface area contributed by atoms with Crippen molar-refractivity contribution < 1.29 is 27.6 Å². The van der Waals surface area contributed by atoms with Crippen molar-refractivity contribution in [1.82, 2.24) is 15.0 Å². The van der Waals surface area contributed by atoms with Gasteiger partial charge >= 0.3 is 12.1 Å².